The number of nitrogens with zero attached hydrogens (tertiary/aromatic N) is 4. The molecule has 6 heteroatoms. The Morgan fingerprint density at radius 1 is 1.12 bits per heavy atom. The van der Waals surface area contributed by atoms with Gasteiger partial charge in [0.25, 0.3) is 5.91 Å². The lowest BCUT2D eigenvalue weighted by Crippen LogP contribution is -2.31. The monoisotopic (exact) mass is 348 g/mol. The van der Waals surface area contributed by atoms with E-state index in [-0.39, 0.29) is 5.91 Å². The molecule has 2 aromatic heterocycles. The predicted octanol–water partition coefficient (Wildman–Crippen LogP) is 4.15. The Morgan fingerprint density at radius 3 is 2.68 bits per heavy atom. The van der Waals surface area contributed by atoms with E-state index in [1.807, 2.05) is 67.7 Å². The molecule has 0 saturated heterocycles. The van der Waals surface area contributed by atoms with Crippen LogP contribution in [0.15, 0.2) is 67.0 Å². The minimum Gasteiger partial charge on any atom is -0.284 e. The van der Waals surface area contributed by atoms with Gasteiger partial charge in [0.2, 0.25) is 0 Å². The molecule has 0 bridgehead atoms. The molecule has 0 unspecified atom stereocenters. The number of hydrogen-bond acceptors (Lipinski definition) is 4. The van der Waals surface area contributed by atoms with Crippen molar-refractivity contribution in [1.29, 1.82) is 0 Å². The Balaban J connectivity index is 1.76. The number of carbonyl (C=O) groups is 1. The van der Waals surface area contributed by atoms with Crippen LogP contribution >= 0.6 is 11.3 Å². The van der Waals surface area contributed by atoms with Gasteiger partial charge in [0, 0.05) is 18.9 Å². The highest BCUT2D eigenvalue weighted by atomic mass is 32.1. The lowest BCUT2D eigenvalue weighted by atomic mass is 10.1. The molecule has 0 spiro atoms. The second kappa shape index (κ2) is 6.49. The van der Waals surface area contributed by atoms with Gasteiger partial charge in [0.15, 0.2) is 5.13 Å². The number of amides is 1. The van der Waals surface area contributed by atoms with Gasteiger partial charge in [-0.15, -0.1) is 0 Å². The maximum Gasteiger partial charge on any atom is 0.262 e. The first kappa shape index (κ1) is 15.5. The molecule has 0 aliphatic heterocycles. The Hall–Kier alpha value is -2.99. The SMILES string of the molecule is CCN(C(=O)c1ccccc1-n1cccn1)c1nc2ccccc2s1. The van der Waals surface area contributed by atoms with Crippen molar-refractivity contribution in [3.8, 4) is 5.69 Å². The topological polar surface area (TPSA) is 51.0 Å². The predicted molar refractivity (Wildman–Crippen MR) is 101 cm³/mol. The van der Waals surface area contributed by atoms with E-state index in [4.69, 9.17) is 0 Å². The van der Waals surface area contributed by atoms with Crippen LogP contribution in [-0.2, 0) is 0 Å². The summed E-state index contributed by atoms with van der Waals surface area (Å²) in [5.74, 6) is -0.0762. The molecule has 0 radical (unpaired) electrons. The molecule has 0 saturated carbocycles. The highest BCUT2D eigenvalue weighted by molar-refractivity contribution is 7.22. The van der Waals surface area contributed by atoms with Crippen molar-refractivity contribution in [1.82, 2.24) is 14.8 Å². The second-order valence-electron chi connectivity index (χ2n) is 5.48. The molecule has 0 aliphatic rings. The summed E-state index contributed by atoms with van der Waals surface area (Å²) in [7, 11) is 0. The summed E-state index contributed by atoms with van der Waals surface area (Å²) in [5, 5.41) is 4.97. The zero-order valence-corrected chi connectivity index (χ0v) is 14.5. The fraction of sp³-hybridized carbons (Fsp3) is 0.105. The molecule has 124 valence electrons. The molecule has 4 aromatic rings. The van der Waals surface area contributed by atoms with E-state index >= 15 is 0 Å². The molecule has 0 aliphatic carbocycles. The van der Waals surface area contributed by atoms with Crippen molar-refractivity contribution in [2.75, 3.05) is 11.4 Å². The molecule has 5 nitrogen and oxygen atoms in total. The zero-order valence-electron chi connectivity index (χ0n) is 13.7. The van der Waals surface area contributed by atoms with Crippen LogP contribution in [0.5, 0.6) is 0 Å². The largest absolute Gasteiger partial charge is 0.284 e. The minimum absolute atomic E-state index is 0.0762. The smallest absolute Gasteiger partial charge is 0.262 e. The number of rotatable bonds is 4. The number of thiazole rings is 1. The van der Waals surface area contributed by atoms with Crippen LogP contribution in [0.1, 0.15) is 17.3 Å². The van der Waals surface area contributed by atoms with E-state index in [0.717, 1.165) is 15.9 Å². The fourth-order valence-corrected chi connectivity index (χ4v) is 3.78. The van der Waals surface area contributed by atoms with Crippen LogP contribution in [0.4, 0.5) is 5.13 Å². The van der Waals surface area contributed by atoms with Crippen LogP contribution in [0.3, 0.4) is 0 Å². The Kier molecular flexibility index (Phi) is 4.03. The van der Waals surface area contributed by atoms with Crippen molar-refractivity contribution in [3.63, 3.8) is 0 Å². The van der Waals surface area contributed by atoms with Crippen LogP contribution in [0, 0.1) is 0 Å². The third kappa shape index (κ3) is 2.81. The van der Waals surface area contributed by atoms with Crippen molar-refractivity contribution in [3.05, 3.63) is 72.6 Å². The van der Waals surface area contributed by atoms with Crippen LogP contribution < -0.4 is 4.90 Å². The van der Waals surface area contributed by atoms with Crippen molar-refractivity contribution < 1.29 is 4.79 Å². The molecule has 25 heavy (non-hydrogen) atoms. The third-order valence-electron chi connectivity index (χ3n) is 3.96. The van der Waals surface area contributed by atoms with Gasteiger partial charge < -0.3 is 0 Å². The molecule has 0 fully saturated rings. The maximum atomic E-state index is 13.2. The third-order valence-corrected chi connectivity index (χ3v) is 5.02. The number of carbonyl (C=O) groups excluding carboxylic acids is 1. The Labute approximate surface area is 149 Å². The van der Waals surface area contributed by atoms with E-state index in [2.05, 4.69) is 10.1 Å². The van der Waals surface area contributed by atoms with Gasteiger partial charge in [-0.1, -0.05) is 35.6 Å². The first-order valence-corrected chi connectivity index (χ1v) is 8.86. The molecular formula is C19H16N4OS. The second-order valence-corrected chi connectivity index (χ2v) is 6.49. The summed E-state index contributed by atoms with van der Waals surface area (Å²) >= 11 is 1.53. The quantitative estimate of drug-likeness (QED) is 0.557. The number of hydrogen-bond donors (Lipinski definition) is 0. The number of benzene rings is 2. The van der Waals surface area contributed by atoms with Crippen molar-refractivity contribution >= 4 is 32.6 Å². The van der Waals surface area contributed by atoms with E-state index < -0.39 is 0 Å². The van der Waals surface area contributed by atoms with Gasteiger partial charge >= 0.3 is 0 Å². The molecule has 0 N–H and O–H groups in total. The van der Waals surface area contributed by atoms with Crippen molar-refractivity contribution in [2.45, 2.75) is 6.92 Å². The average molecular weight is 348 g/mol. The summed E-state index contributed by atoms with van der Waals surface area (Å²) in [4.78, 5) is 19.6. The van der Waals surface area contributed by atoms with Crippen molar-refractivity contribution in [2.24, 2.45) is 0 Å². The highest BCUT2D eigenvalue weighted by Gasteiger charge is 2.22. The number of aromatic nitrogens is 3. The number of fused-ring (bicyclic) bond motifs is 1. The lowest BCUT2D eigenvalue weighted by Gasteiger charge is -2.19. The maximum absolute atomic E-state index is 13.2. The summed E-state index contributed by atoms with van der Waals surface area (Å²) in [5.41, 5.74) is 2.28. The van der Waals surface area contributed by atoms with Gasteiger partial charge in [-0.3, -0.25) is 9.69 Å². The van der Waals surface area contributed by atoms with E-state index in [1.54, 1.807) is 15.8 Å². The van der Waals surface area contributed by atoms with E-state index in [0.29, 0.717) is 17.2 Å². The van der Waals surface area contributed by atoms with Gasteiger partial charge in [-0.05, 0) is 37.3 Å². The standard InChI is InChI=1S/C19H16N4OS/c1-2-22(19-21-15-9-4-6-11-17(15)25-19)18(24)14-8-3-5-10-16(14)23-13-7-12-20-23/h3-13H,2H2,1H3. The summed E-state index contributed by atoms with van der Waals surface area (Å²) in [6.07, 6.45) is 3.53. The molecule has 1 amide bonds. The van der Waals surface area contributed by atoms with Gasteiger partial charge in [0.05, 0.1) is 21.5 Å². The molecule has 4 rings (SSSR count). The molecule has 0 atom stereocenters. The highest BCUT2D eigenvalue weighted by Crippen LogP contribution is 2.30. The van der Waals surface area contributed by atoms with Gasteiger partial charge in [0.1, 0.15) is 0 Å². The van der Waals surface area contributed by atoms with Crippen LogP contribution in [0.2, 0.25) is 0 Å². The molecular weight excluding hydrogens is 332 g/mol. The summed E-state index contributed by atoms with van der Waals surface area (Å²) < 4.78 is 2.78. The fourth-order valence-electron chi connectivity index (χ4n) is 2.75. The van der Waals surface area contributed by atoms with Gasteiger partial charge in [-0.25, -0.2) is 9.67 Å². The first-order valence-electron chi connectivity index (χ1n) is 8.04. The van der Waals surface area contributed by atoms with Crippen LogP contribution in [0.25, 0.3) is 15.9 Å². The lowest BCUT2D eigenvalue weighted by molar-refractivity contribution is 0.0988. The molecule has 2 aromatic carbocycles. The Morgan fingerprint density at radius 2 is 1.92 bits per heavy atom. The zero-order chi connectivity index (χ0) is 17.2. The Bertz CT molecular complexity index is 990. The first-order chi connectivity index (χ1) is 12.3. The summed E-state index contributed by atoms with van der Waals surface area (Å²) in [6, 6.07) is 17.3. The van der Waals surface area contributed by atoms with E-state index in [9.17, 15) is 4.79 Å². The number of anilines is 1. The van der Waals surface area contributed by atoms with E-state index in [1.165, 1.54) is 11.3 Å². The molecule has 2 heterocycles. The normalized spacial score (nSPS) is 10.9. The summed E-state index contributed by atoms with van der Waals surface area (Å²) in [6.45, 7) is 2.51. The number of para-hydroxylation sites is 2. The minimum atomic E-state index is -0.0762. The van der Waals surface area contributed by atoms with Crippen LogP contribution in [-0.4, -0.2) is 27.2 Å². The average Bonchev–Trinajstić information content (AvgIpc) is 3.32. The van der Waals surface area contributed by atoms with Gasteiger partial charge in [-0.2, -0.15) is 5.10 Å².